The fourth-order valence-electron chi connectivity index (χ4n) is 1.15. The molecule has 19 heavy (non-hydrogen) atoms. The number of hydrogen-bond donors (Lipinski definition) is 0. The van der Waals surface area contributed by atoms with Crippen LogP contribution in [-0.4, -0.2) is 34.7 Å². The summed E-state index contributed by atoms with van der Waals surface area (Å²) in [5.74, 6) is -2.05. The Kier molecular flexibility index (Phi) is 5.54. The van der Waals surface area contributed by atoms with Gasteiger partial charge in [0.2, 0.25) is 0 Å². The van der Waals surface area contributed by atoms with Crippen LogP contribution in [0.15, 0.2) is 17.0 Å². The monoisotopic (exact) mass is 330 g/mol. The van der Waals surface area contributed by atoms with Crippen molar-refractivity contribution in [3.63, 3.8) is 0 Å². The van der Waals surface area contributed by atoms with Crippen LogP contribution in [0, 0.1) is 5.82 Å². The summed E-state index contributed by atoms with van der Waals surface area (Å²) in [5, 5.41) is -0.536. The number of halogens is 3. The minimum absolute atomic E-state index is 0.0782. The highest BCUT2D eigenvalue weighted by molar-refractivity contribution is 8.13. The van der Waals surface area contributed by atoms with E-state index in [4.69, 9.17) is 27.0 Å². The maximum atomic E-state index is 13.4. The first-order chi connectivity index (χ1) is 8.77. The minimum atomic E-state index is -4.18. The highest BCUT2D eigenvalue weighted by Gasteiger charge is 2.21. The Labute approximate surface area is 118 Å². The second-order valence-electron chi connectivity index (χ2n) is 3.33. The molecule has 1 aromatic rings. The van der Waals surface area contributed by atoms with E-state index in [1.54, 1.807) is 0 Å². The lowest BCUT2D eigenvalue weighted by molar-refractivity contribution is 0.0387. The van der Waals surface area contributed by atoms with E-state index >= 15 is 0 Å². The van der Waals surface area contributed by atoms with E-state index in [9.17, 15) is 17.6 Å². The average Bonchev–Trinajstić information content (AvgIpc) is 2.31. The quantitative estimate of drug-likeness (QED) is 0.470. The number of hydrogen-bond acceptors (Lipinski definition) is 5. The normalized spacial score (nSPS) is 11.4. The van der Waals surface area contributed by atoms with Crippen molar-refractivity contribution in [2.75, 3.05) is 20.3 Å². The molecule has 5 nitrogen and oxygen atoms in total. The van der Waals surface area contributed by atoms with E-state index in [0.29, 0.717) is 6.07 Å². The number of ether oxygens (including phenoxy) is 2. The summed E-state index contributed by atoms with van der Waals surface area (Å²) in [6.07, 6.45) is 0. The SMILES string of the molecule is COCCOC(=O)c1cc(S(=O)(=O)Cl)cc(F)c1Cl. The number of methoxy groups -OCH3 is 1. The first-order valence-corrected chi connectivity index (χ1v) is 7.56. The van der Waals surface area contributed by atoms with Crippen molar-refractivity contribution in [1.82, 2.24) is 0 Å². The van der Waals surface area contributed by atoms with E-state index in [1.807, 2.05) is 0 Å². The van der Waals surface area contributed by atoms with Crippen LogP contribution in [0.5, 0.6) is 0 Å². The molecule has 0 bridgehead atoms. The zero-order valence-electron chi connectivity index (χ0n) is 9.65. The van der Waals surface area contributed by atoms with Gasteiger partial charge in [-0.3, -0.25) is 0 Å². The molecular weight excluding hydrogens is 322 g/mol. The smallest absolute Gasteiger partial charge is 0.339 e. The van der Waals surface area contributed by atoms with Crippen molar-refractivity contribution in [1.29, 1.82) is 0 Å². The molecule has 0 aromatic heterocycles. The zero-order valence-corrected chi connectivity index (χ0v) is 12.0. The van der Waals surface area contributed by atoms with Gasteiger partial charge in [-0.1, -0.05) is 11.6 Å². The molecule has 0 radical (unpaired) electrons. The lowest BCUT2D eigenvalue weighted by Gasteiger charge is -2.07. The molecule has 0 fully saturated rings. The molecule has 1 aromatic carbocycles. The lowest BCUT2D eigenvalue weighted by Crippen LogP contribution is -2.11. The highest BCUT2D eigenvalue weighted by Crippen LogP contribution is 2.26. The molecule has 0 aliphatic heterocycles. The number of carbonyl (C=O) groups is 1. The second-order valence-corrected chi connectivity index (χ2v) is 6.28. The molecular formula is C10H9Cl2FO5S. The summed E-state index contributed by atoms with van der Waals surface area (Å²) in [7, 11) is 2.30. The standard InChI is InChI=1S/C10H9Cl2FO5S/c1-17-2-3-18-10(14)7-4-6(19(12,15)16)5-8(13)9(7)11/h4-5H,2-3H2,1H3. The lowest BCUT2D eigenvalue weighted by atomic mass is 10.2. The minimum Gasteiger partial charge on any atom is -0.460 e. The summed E-state index contributed by atoms with van der Waals surface area (Å²) >= 11 is 5.58. The predicted octanol–water partition coefficient (Wildman–Crippen LogP) is 2.21. The zero-order chi connectivity index (χ0) is 14.6. The fraction of sp³-hybridized carbons (Fsp3) is 0.300. The van der Waals surface area contributed by atoms with Crippen molar-refractivity contribution in [3.05, 3.63) is 28.5 Å². The molecule has 0 unspecified atom stereocenters. The first-order valence-electron chi connectivity index (χ1n) is 4.87. The molecule has 9 heteroatoms. The predicted molar refractivity (Wildman–Crippen MR) is 66.6 cm³/mol. The van der Waals surface area contributed by atoms with Crippen LogP contribution in [0.1, 0.15) is 10.4 Å². The van der Waals surface area contributed by atoms with Crippen molar-refractivity contribution in [3.8, 4) is 0 Å². The molecule has 1 rings (SSSR count). The Bertz CT molecular complexity index is 588. The molecule has 0 spiro atoms. The van der Waals surface area contributed by atoms with Crippen molar-refractivity contribution in [2.24, 2.45) is 0 Å². The van der Waals surface area contributed by atoms with Gasteiger partial charge in [-0.05, 0) is 12.1 Å². The van der Waals surface area contributed by atoms with E-state index in [1.165, 1.54) is 7.11 Å². The van der Waals surface area contributed by atoms with Crippen LogP contribution in [0.2, 0.25) is 5.02 Å². The number of benzene rings is 1. The van der Waals surface area contributed by atoms with Gasteiger partial charge >= 0.3 is 5.97 Å². The maximum absolute atomic E-state index is 13.4. The number of esters is 1. The molecule has 0 saturated heterocycles. The summed E-state index contributed by atoms with van der Waals surface area (Å²) in [6, 6.07) is 1.47. The van der Waals surface area contributed by atoms with Crippen molar-refractivity contribution >= 4 is 37.3 Å². The van der Waals surface area contributed by atoms with E-state index < -0.39 is 36.3 Å². The maximum Gasteiger partial charge on any atom is 0.339 e. The highest BCUT2D eigenvalue weighted by atomic mass is 35.7. The molecule has 106 valence electrons. The Morgan fingerprint density at radius 3 is 2.53 bits per heavy atom. The van der Waals surface area contributed by atoms with Crippen molar-refractivity contribution < 1.29 is 27.1 Å². The van der Waals surface area contributed by atoms with Crippen LogP contribution in [0.3, 0.4) is 0 Å². The van der Waals surface area contributed by atoms with Gasteiger partial charge in [-0.15, -0.1) is 0 Å². The summed E-state index contributed by atoms with van der Waals surface area (Å²) in [4.78, 5) is 11.0. The van der Waals surface area contributed by atoms with Gasteiger partial charge in [0.1, 0.15) is 12.4 Å². The molecule has 0 amide bonds. The van der Waals surface area contributed by atoms with Gasteiger partial charge in [-0.25, -0.2) is 17.6 Å². The first kappa shape index (κ1) is 16.2. The number of rotatable bonds is 5. The van der Waals surface area contributed by atoms with Crippen LogP contribution in [0.4, 0.5) is 4.39 Å². The Hall–Kier alpha value is -0.890. The Morgan fingerprint density at radius 1 is 1.37 bits per heavy atom. The van der Waals surface area contributed by atoms with Gasteiger partial charge in [0.05, 0.1) is 22.1 Å². The molecule has 0 atom stereocenters. The van der Waals surface area contributed by atoms with Crippen LogP contribution in [-0.2, 0) is 18.5 Å². The van der Waals surface area contributed by atoms with E-state index in [2.05, 4.69) is 4.74 Å². The Morgan fingerprint density at radius 2 is 2.00 bits per heavy atom. The van der Waals surface area contributed by atoms with Gasteiger partial charge in [-0.2, -0.15) is 0 Å². The van der Waals surface area contributed by atoms with Gasteiger partial charge in [0.25, 0.3) is 9.05 Å². The third kappa shape index (κ3) is 4.31. The summed E-state index contributed by atoms with van der Waals surface area (Å²) < 4.78 is 45.0. The van der Waals surface area contributed by atoms with E-state index in [0.717, 1.165) is 6.07 Å². The largest absolute Gasteiger partial charge is 0.460 e. The summed E-state index contributed by atoms with van der Waals surface area (Å²) in [5.41, 5.74) is -0.419. The Balaban J connectivity index is 3.13. The van der Waals surface area contributed by atoms with Crippen LogP contribution in [0.25, 0.3) is 0 Å². The molecule has 0 saturated carbocycles. The fourth-order valence-corrected chi connectivity index (χ4v) is 2.11. The third-order valence-corrected chi connectivity index (χ3v) is 3.74. The van der Waals surface area contributed by atoms with Crippen molar-refractivity contribution in [2.45, 2.75) is 4.90 Å². The van der Waals surface area contributed by atoms with Gasteiger partial charge < -0.3 is 9.47 Å². The van der Waals surface area contributed by atoms with Crippen LogP contribution >= 0.6 is 22.3 Å². The molecule has 0 heterocycles. The second kappa shape index (κ2) is 6.51. The van der Waals surface area contributed by atoms with E-state index in [-0.39, 0.29) is 13.2 Å². The van der Waals surface area contributed by atoms with Gasteiger partial charge in [0.15, 0.2) is 0 Å². The molecule has 0 aliphatic rings. The summed E-state index contributed by atoms with van der Waals surface area (Å²) in [6.45, 7) is 0.0600. The topological polar surface area (TPSA) is 69.7 Å². The number of carbonyl (C=O) groups excluding carboxylic acids is 1. The molecule has 0 aliphatic carbocycles. The molecule has 0 N–H and O–H groups in total. The average molecular weight is 331 g/mol. The van der Waals surface area contributed by atoms with Gasteiger partial charge in [0, 0.05) is 17.8 Å². The van der Waals surface area contributed by atoms with Crippen LogP contribution < -0.4 is 0 Å². The third-order valence-electron chi connectivity index (χ3n) is 2.02.